The smallest absolute Gasteiger partial charge is 0.246 e. The lowest BCUT2D eigenvalue weighted by molar-refractivity contribution is -0.144. The molecule has 3 atom stereocenters. The number of nitriles is 1. The molecule has 4 rings (SSSR count). The normalized spacial score (nSPS) is 20.9. The molecule has 2 fully saturated rings. The van der Waals surface area contributed by atoms with Crippen LogP contribution in [-0.2, 0) is 20.9 Å². The summed E-state index contributed by atoms with van der Waals surface area (Å²) in [5.41, 5.74) is 3.50. The van der Waals surface area contributed by atoms with Crippen molar-refractivity contribution in [3.05, 3.63) is 41.0 Å². The predicted molar refractivity (Wildman–Crippen MR) is 144 cm³/mol. The van der Waals surface area contributed by atoms with Gasteiger partial charge < -0.3 is 20.6 Å². The van der Waals surface area contributed by atoms with Gasteiger partial charge in [0.05, 0.1) is 33.7 Å². The second-order valence-corrected chi connectivity index (χ2v) is 12.4. The fraction of sp³-hybridized carbons (Fsp3) is 0.536. The van der Waals surface area contributed by atoms with E-state index in [0.29, 0.717) is 12.8 Å². The van der Waals surface area contributed by atoms with E-state index >= 15 is 0 Å². The van der Waals surface area contributed by atoms with Gasteiger partial charge in [-0.1, -0.05) is 45.0 Å². The molecule has 1 aromatic carbocycles. The minimum absolute atomic E-state index is 0.0183. The van der Waals surface area contributed by atoms with Crippen molar-refractivity contribution in [3.63, 3.8) is 0 Å². The molecule has 1 aliphatic carbocycles. The molecule has 3 amide bonds. The maximum Gasteiger partial charge on any atom is 0.246 e. The molecule has 10 heteroatoms. The highest BCUT2D eigenvalue weighted by Gasteiger charge is 2.47. The topological polar surface area (TPSA) is 135 Å². The van der Waals surface area contributed by atoms with Gasteiger partial charge in [-0.05, 0) is 36.3 Å². The summed E-state index contributed by atoms with van der Waals surface area (Å²) < 4.78 is 0. The molecule has 2 aromatic rings. The second kappa shape index (κ2) is 10.8. The predicted octanol–water partition coefficient (Wildman–Crippen LogP) is 2.92. The molecule has 0 unspecified atom stereocenters. The number of hydrogen-bond donors (Lipinski definition) is 3. The van der Waals surface area contributed by atoms with Crippen molar-refractivity contribution in [2.75, 3.05) is 6.54 Å². The van der Waals surface area contributed by atoms with Gasteiger partial charge in [-0.15, -0.1) is 11.3 Å². The van der Waals surface area contributed by atoms with Crippen LogP contribution < -0.4 is 10.6 Å². The minimum Gasteiger partial charge on any atom is -0.391 e. The van der Waals surface area contributed by atoms with Crippen LogP contribution in [0.2, 0.25) is 0 Å². The van der Waals surface area contributed by atoms with Gasteiger partial charge in [0.25, 0.3) is 0 Å². The molecule has 3 N–H and O–H groups in total. The number of aliphatic hydroxyl groups is 1. The van der Waals surface area contributed by atoms with Crippen LogP contribution in [-0.4, -0.2) is 57.4 Å². The Balaban J connectivity index is 1.40. The fourth-order valence-corrected chi connectivity index (χ4v) is 5.59. The number of rotatable bonds is 8. The average molecular weight is 538 g/mol. The maximum atomic E-state index is 13.6. The molecular formula is C28H35N5O4S. The van der Waals surface area contributed by atoms with Crippen LogP contribution in [0.5, 0.6) is 0 Å². The van der Waals surface area contributed by atoms with Crippen LogP contribution in [0.15, 0.2) is 29.8 Å². The van der Waals surface area contributed by atoms with E-state index in [1.54, 1.807) is 11.3 Å². The number of hydrogen-bond acceptors (Lipinski definition) is 7. The number of carbonyl (C=O) groups is 3. The van der Waals surface area contributed by atoms with E-state index in [1.807, 2.05) is 57.5 Å². The number of benzene rings is 1. The van der Waals surface area contributed by atoms with Crippen molar-refractivity contribution >= 4 is 29.1 Å². The Morgan fingerprint density at radius 3 is 2.50 bits per heavy atom. The van der Waals surface area contributed by atoms with Crippen LogP contribution in [0.1, 0.15) is 57.7 Å². The Bertz CT molecular complexity index is 1240. The molecule has 38 heavy (non-hydrogen) atoms. The summed E-state index contributed by atoms with van der Waals surface area (Å²) in [4.78, 5) is 46.3. The first-order chi connectivity index (χ1) is 17.9. The van der Waals surface area contributed by atoms with Crippen molar-refractivity contribution in [2.24, 2.45) is 10.8 Å². The Morgan fingerprint density at radius 1 is 1.26 bits per heavy atom. The van der Waals surface area contributed by atoms with Gasteiger partial charge in [-0.25, -0.2) is 4.98 Å². The number of nitrogens with one attached hydrogen (secondary N) is 2. The van der Waals surface area contributed by atoms with E-state index in [0.717, 1.165) is 21.7 Å². The average Bonchev–Trinajstić information content (AvgIpc) is 3.32. The fourth-order valence-electron chi connectivity index (χ4n) is 4.78. The van der Waals surface area contributed by atoms with Crippen LogP contribution in [0.3, 0.4) is 0 Å². The summed E-state index contributed by atoms with van der Waals surface area (Å²) in [5, 5.41) is 25.4. The SMILES string of the molecule is Cc1ncsc1-c1ccc(CNC(=O)[C@@H]2C[C@@H](O)CN2C(=O)[C@@H](NC(=O)CC2(C#N)CC2)C(C)(C)C)cc1. The molecule has 0 spiro atoms. The highest BCUT2D eigenvalue weighted by molar-refractivity contribution is 7.13. The van der Waals surface area contributed by atoms with Crippen LogP contribution >= 0.6 is 11.3 Å². The van der Waals surface area contributed by atoms with Crippen LogP contribution in [0, 0.1) is 29.1 Å². The largest absolute Gasteiger partial charge is 0.391 e. The third-order valence-electron chi connectivity index (χ3n) is 7.30. The zero-order valence-corrected chi connectivity index (χ0v) is 23.1. The second-order valence-electron chi connectivity index (χ2n) is 11.5. The zero-order valence-electron chi connectivity index (χ0n) is 22.3. The lowest BCUT2D eigenvalue weighted by atomic mass is 9.85. The summed E-state index contributed by atoms with van der Waals surface area (Å²) in [5.74, 6) is -1.11. The van der Waals surface area contributed by atoms with Gasteiger partial charge in [0.2, 0.25) is 17.7 Å². The van der Waals surface area contributed by atoms with E-state index in [9.17, 15) is 24.8 Å². The monoisotopic (exact) mass is 537 g/mol. The highest BCUT2D eigenvalue weighted by atomic mass is 32.1. The molecule has 202 valence electrons. The van der Waals surface area contributed by atoms with Gasteiger partial charge in [-0.3, -0.25) is 14.4 Å². The molecule has 1 aromatic heterocycles. The molecule has 0 radical (unpaired) electrons. The van der Waals surface area contributed by atoms with Crippen LogP contribution in [0.4, 0.5) is 0 Å². The number of aromatic nitrogens is 1. The standard InChI is InChI=1S/C28H35N5O4S/c1-17-23(38-16-31-17)19-7-5-18(6-8-19)13-30-25(36)21-11-20(34)14-33(21)26(37)24(27(2,3)4)32-22(35)12-28(15-29)9-10-28/h5-8,16,20-21,24,34H,9-14H2,1-4H3,(H,30,36)(H,32,35)/t20-,21+,24-/m1/s1. The molecule has 2 heterocycles. The first-order valence-electron chi connectivity index (χ1n) is 12.9. The molecular weight excluding hydrogens is 502 g/mol. The number of aryl methyl sites for hydroxylation is 1. The van der Waals surface area contributed by atoms with E-state index in [2.05, 4.69) is 21.7 Å². The zero-order chi connectivity index (χ0) is 27.7. The van der Waals surface area contributed by atoms with E-state index in [1.165, 1.54) is 4.90 Å². The van der Waals surface area contributed by atoms with Gasteiger partial charge in [0.1, 0.15) is 12.1 Å². The maximum absolute atomic E-state index is 13.6. The minimum atomic E-state index is -0.896. The van der Waals surface area contributed by atoms with Crippen molar-refractivity contribution in [3.8, 4) is 16.5 Å². The van der Waals surface area contributed by atoms with Crippen molar-refractivity contribution < 1.29 is 19.5 Å². The number of β-amino-alcohol motifs (C(OH)–C–C–N with tert-alkyl or cyclic N) is 1. The first kappa shape index (κ1) is 27.7. The lowest BCUT2D eigenvalue weighted by Crippen LogP contribution is -2.57. The number of amides is 3. The quantitative estimate of drug-likeness (QED) is 0.474. The summed E-state index contributed by atoms with van der Waals surface area (Å²) in [6.07, 6.45) is 0.709. The molecule has 1 saturated heterocycles. The number of thiazole rings is 1. The van der Waals surface area contributed by atoms with Gasteiger partial charge in [-0.2, -0.15) is 5.26 Å². The van der Waals surface area contributed by atoms with E-state index in [4.69, 9.17) is 0 Å². The summed E-state index contributed by atoms with van der Waals surface area (Å²) in [7, 11) is 0. The van der Waals surface area contributed by atoms with E-state index in [-0.39, 0.29) is 37.7 Å². The van der Waals surface area contributed by atoms with Crippen molar-refractivity contribution in [1.82, 2.24) is 20.5 Å². The number of nitrogens with zero attached hydrogens (tertiary/aromatic N) is 3. The third-order valence-corrected chi connectivity index (χ3v) is 8.28. The molecule has 2 aliphatic rings. The Kier molecular flexibility index (Phi) is 7.90. The third kappa shape index (κ3) is 6.22. The summed E-state index contributed by atoms with van der Waals surface area (Å²) in [6.45, 7) is 7.79. The molecule has 0 bridgehead atoms. The molecule has 9 nitrogen and oxygen atoms in total. The number of carbonyl (C=O) groups excluding carboxylic acids is 3. The molecule has 1 saturated carbocycles. The number of aliphatic hydroxyl groups excluding tert-OH is 1. The van der Waals surface area contributed by atoms with Gasteiger partial charge in [0, 0.05) is 25.9 Å². The summed E-state index contributed by atoms with van der Waals surface area (Å²) in [6, 6.07) is 8.34. The summed E-state index contributed by atoms with van der Waals surface area (Å²) >= 11 is 1.58. The van der Waals surface area contributed by atoms with Crippen LogP contribution in [0.25, 0.3) is 10.4 Å². The highest BCUT2D eigenvalue weighted by Crippen LogP contribution is 2.48. The van der Waals surface area contributed by atoms with Crippen molar-refractivity contribution in [2.45, 2.75) is 78.1 Å². The Hall–Kier alpha value is -3.29. The van der Waals surface area contributed by atoms with Gasteiger partial charge >= 0.3 is 0 Å². The Labute approximate surface area is 227 Å². The molecule has 1 aliphatic heterocycles. The lowest BCUT2D eigenvalue weighted by Gasteiger charge is -2.35. The van der Waals surface area contributed by atoms with Crippen molar-refractivity contribution in [1.29, 1.82) is 5.26 Å². The van der Waals surface area contributed by atoms with E-state index < -0.39 is 34.9 Å². The van der Waals surface area contributed by atoms with Gasteiger partial charge in [0.15, 0.2) is 0 Å². The number of likely N-dealkylation sites (tertiary alicyclic amines) is 1. The first-order valence-corrected chi connectivity index (χ1v) is 13.8. The Morgan fingerprint density at radius 2 is 1.95 bits per heavy atom.